The number of carbonyl (C=O) groups is 2. The first-order valence-corrected chi connectivity index (χ1v) is 11.7. The van der Waals surface area contributed by atoms with Gasteiger partial charge in [0.15, 0.2) is 5.78 Å². The summed E-state index contributed by atoms with van der Waals surface area (Å²) < 4.78 is 0. The van der Waals surface area contributed by atoms with Crippen LogP contribution in [0.2, 0.25) is 5.02 Å². The number of hydrogen-bond acceptors (Lipinski definition) is 4. The topological polar surface area (TPSA) is 71.1 Å². The summed E-state index contributed by atoms with van der Waals surface area (Å²) in [5.41, 5.74) is 4.79. The average Bonchev–Trinajstić information content (AvgIpc) is 2.84. The number of Topliss-reactive ketones (excluding diaryl/α,β-unsaturated/α-hetero) is 1. The minimum atomic E-state index is -0.485. The fourth-order valence-corrected chi connectivity index (χ4v) is 5.04. The van der Waals surface area contributed by atoms with Gasteiger partial charge in [-0.3, -0.25) is 9.59 Å². The lowest BCUT2D eigenvalue weighted by atomic mass is 9.71. The summed E-state index contributed by atoms with van der Waals surface area (Å²) in [5.74, 6) is -0.156. The molecule has 2 N–H and O–H groups in total. The first-order valence-electron chi connectivity index (χ1n) is 11.3. The number of allylic oxidation sites excluding steroid dienone is 3. The Morgan fingerprint density at radius 3 is 2.41 bits per heavy atom. The highest BCUT2D eigenvalue weighted by molar-refractivity contribution is 6.30. The Morgan fingerprint density at radius 1 is 0.971 bits per heavy atom. The second kappa shape index (κ2) is 9.27. The molecule has 2 aromatic carbocycles. The second-order valence-electron chi connectivity index (χ2n) is 8.65. The maximum atomic E-state index is 13.6. The Morgan fingerprint density at radius 2 is 1.71 bits per heavy atom. The van der Waals surface area contributed by atoms with E-state index in [1.54, 1.807) is 30.5 Å². The van der Waals surface area contributed by atoms with Crippen LogP contribution in [0.4, 0.5) is 5.82 Å². The second-order valence-corrected chi connectivity index (χ2v) is 9.09. The summed E-state index contributed by atoms with van der Waals surface area (Å²) in [7, 11) is 0. The van der Waals surface area contributed by atoms with E-state index in [2.05, 4.69) is 27.8 Å². The molecule has 0 unspecified atom stereocenters. The number of pyridine rings is 1. The third-order valence-electron chi connectivity index (χ3n) is 6.45. The highest BCUT2D eigenvalue weighted by Gasteiger charge is 2.40. The van der Waals surface area contributed by atoms with E-state index in [4.69, 9.17) is 11.6 Å². The van der Waals surface area contributed by atoms with Gasteiger partial charge in [0.2, 0.25) is 0 Å². The molecule has 2 aliphatic rings. The number of amides is 1. The molecule has 0 radical (unpaired) electrons. The van der Waals surface area contributed by atoms with Crippen molar-refractivity contribution in [2.75, 3.05) is 5.32 Å². The summed E-state index contributed by atoms with van der Waals surface area (Å²) in [6.45, 7) is 1.89. The van der Waals surface area contributed by atoms with Gasteiger partial charge in [-0.2, -0.15) is 0 Å². The molecule has 0 saturated carbocycles. The zero-order valence-electron chi connectivity index (χ0n) is 18.7. The summed E-state index contributed by atoms with van der Waals surface area (Å²) in [6.07, 6.45) is 2.74. The molecule has 0 spiro atoms. The Hall–Kier alpha value is -3.70. The van der Waals surface area contributed by atoms with Gasteiger partial charge in [-0.05, 0) is 54.7 Å². The van der Waals surface area contributed by atoms with E-state index in [9.17, 15) is 9.59 Å². The molecule has 3 aromatic rings. The van der Waals surface area contributed by atoms with Gasteiger partial charge in [-0.1, -0.05) is 60.1 Å². The van der Waals surface area contributed by atoms with Crippen LogP contribution in [0.3, 0.4) is 0 Å². The van der Waals surface area contributed by atoms with Crippen LogP contribution in [0.25, 0.3) is 0 Å². The number of benzene rings is 2. The first-order chi connectivity index (χ1) is 16.5. The lowest BCUT2D eigenvalue weighted by Gasteiger charge is -2.37. The van der Waals surface area contributed by atoms with E-state index >= 15 is 0 Å². The predicted molar refractivity (Wildman–Crippen MR) is 133 cm³/mol. The quantitative estimate of drug-likeness (QED) is 0.511. The standard InChI is InChI=1S/C28H24ClN3O2/c1-17-25(28(34)32-24-9-5-6-14-30-24)26(19-10-12-21(29)13-11-19)27-22(31-17)15-20(16-23(27)33)18-7-3-2-4-8-18/h2-14,20,26,31H,15-16H2,1H3,(H,30,32,34)/t20-,26-/m0/s1. The van der Waals surface area contributed by atoms with Crippen molar-refractivity contribution < 1.29 is 9.59 Å². The number of carbonyl (C=O) groups excluding carboxylic acids is 2. The van der Waals surface area contributed by atoms with Crippen LogP contribution in [0.1, 0.15) is 42.7 Å². The van der Waals surface area contributed by atoms with Crippen molar-refractivity contribution >= 4 is 29.1 Å². The predicted octanol–water partition coefficient (Wildman–Crippen LogP) is 5.74. The number of rotatable bonds is 4. The van der Waals surface area contributed by atoms with Gasteiger partial charge in [0.05, 0.1) is 0 Å². The molecule has 2 heterocycles. The van der Waals surface area contributed by atoms with E-state index in [1.165, 1.54) is 0 Å². The highest BCUT2D eigenvalue weighted by atomic mass is 35.5. The number of nitrogens with zero attached hydrogens (tertiary/aromatic N) is 1. The van der Waals surface area contributed by atoms with Crippen molar-refractivity contribution in [3.63, 3.8) is 0 Å². The molecule has 0 fully saturated rings. The smallest absolute Gasteiger partial charge is 0.255 e. The van der Waals surface area contributed by atoms with Crippen molar-refractivity contribution in [1.82, 2.24) is 10.3 Å². The van der Waals surface area contributed by atoms with Gasteiger partial charge >= 0.3 is 0 Å². The fourth-order valence-electron chi connectivity index (χ4n) is 4.91. The molecule has 1 aliphatic carbocycles. The van der Waals surface area contributed by atoms with Crippen molar-refractivity contribution in [3.05, 3.63) is 118 Å². The number of hydrogen-bond donors (Lipinski definition) is 2. The largest absolute Gasteiger partial charge is 0.362 e. The molecular weight excluding hydrogens is 446 g/mol. The number of anilines is 1. The molecular formula is C28H24ClN3O2. The zero-order valence-corrected chi connectivity index (χ0v) is 19.5. The lowest BCUT2D eigenvalue weighted by Crippen LogP contribution is -2.37. The van der Waals surface area contributed by atoms with E-state index < -0.39 is 5.92 Å². The van der Waals surface area contributed by atoms with Crippen LogP contribution >= 0.6 is 11.6 Å². The SMILES string of the molecule is CC1=C(C(=O)Nc2ccccn2)[C@H](c2ccc(Cl)cc2)C2=C(C[C@H](c3ccccc3)CC2=O)N1. The monoisotopic (exact) mass is 469 g/mol. The maximum Gasteiger partial charge on any atom is 0.255 e. The number of nitrogens with one attached hydrogen (secondary N) is 2. The maximum absolute atomic E-state index is 13.6. The average molecular weight is 470 g/mol. The molecule has 1 aliphatic heterocycles. The van der Waals surface area contributed by atoms with Crippen LogP contribution in [0, 0.1) is 0 Å². The molecule has 2 atom stereocenters. The molecule has 5 nitrogen and oxygen atoms in total. The molecule has 1 aromatic heterocycles. The van der Waals surface area contributed by atoms with Crippen molar-refractivity contribution in [3.8, 4) is 0 Å². The van der Waals surface area contributed by atoms with Gasteiger partial charge in [-0.15, -0.1) is 0 Å². The van der Waals surface area contributed by atoms with Crippen molar-refractivity contribution in [2.24, 2.45) is 0 Å². The molecule has 1 amide bonds. The van der Waals surface area contributed by atoms with Crippen molar-refractivity contribution in [1.29, 1.82) is 0 Å². The van der Waals surface area contributed by atoms with Gasteiger partial charge in [-0.25, -0.2) is 4.98 Å². The summed E-state index contributed by atoms with van der Waals surface area (Å²) in [6, 6.07) is 22.8. The van der Waals surface area contributed by atoms with Gasteiger partial charge in [0, 0.05) is 46.1 Å². The normalized spacial score (nSPS) is 20.0. The number of halogens is 1. The van der Waals surface area contributed by atoms with E-state index in [1.807, 2.05) is 43.3 Å². The summed E-state index contributed by atoms with van der Waals surface area (Å²) in [4.78, 5) is 31.3. The molecule has 0 saturated heterocycles. The van der Waals surface area contributed by atoms with Gasteiger partial charge < -0.3 is 10.6 Å². The minimum absolute atomic E-state index is 0.0539. The van der Waals surface area contributed by atoms with E-state index in [0.29, 0.717) is 34.8 Å². The highest BCUT2D eigenvalue weighted by Crippen LogP contribution is 2.45. The summed E-state index contributed by atoms with van der Waals surface area (Å²) in [5, 5.41) is 6.90. The van der Waals surface area contributed by atoms with Crippen LogP contribution in [0.15, 0.2) is 102 Å². The minimum Gasteiger partial charge on any atom is -0.362 e. The first kappa shape index (κ1) is 22.1. The van der Waals surface area contributed by atoms with Crippen LogP contribution in [0.5, 0.6) is 0 Å². The lowest BCUT2D eigenvalue weighted by molar-refractivity contribution is -0.116. The molecule has 34 heavy (non-hydrogen) atoms. The molecule has 5 rings (SSSR count). The fraction of sp³-hybridized carbons (Fsp3) is 0.179. The molecule has 0 bridgehead atoms. The van der Waals surface area contributed by atoms with Crippen LogP contribution in [-0.2, 0) is 9.59 Å². The Balaban J connectivity index is 1.56. The third-order valence-corrected chi connectivity index (χ3v) is 6.71. The molecule has 6 heteroatoms. The molecule has 170 valence electrons. The number of aromatic nitrogens is 1. The Labute approximate surface area is 203 Å². The number of dihydropyridines is 1. The zero-order chi connectivity index (χ0) is 23.7. The van der Waals surface area contributed by atoms with Gasteiger partial charge in [0.25, 0.3) is 5.91 Å². The van der Waals surface area contributed by atoms with Crippen LogP contribution < -0.4 is 10.6 Å². The van der Waals surface area contributed by atoms with Crippen molar-refractivity contribution in [2.45, 2.75) is 31.6 Å². The Bertz CT molecular complexity index is 1300. The van der Waals surface area contributed by atoms with E-state index in [0.717, 1.165) is 22.5 Å². The third kappa shape index (κ3) is 4.27. The van der Waals surface area contributed by atoms with Crippen LogP contribution in [-0.4, -0.2) is 16.7 Å². The Kier molecular flexibility index (Phi) is 6.03. The van der Waals surface area contributed by atoms with Gasteiger partial charge in [0.1, 0.15) is 5.82 Å². The summed E-state index contributed by atoms with van der Waals surface area (Å²) >= 11 is 6.15. The van der Waals surface area contributed by atoms with E-state index in [-0.39, 0.29) is 17.6 Å². The number of ketones is 1.